The molecule has 1 aliphatic rings. The van der Waals surface area contributed by atoms with E-state index >= 15 is 0 Å². The fourth-order valence-corrected chi connectivity index (χ4v) is 2.61. The van der Waals surface area contributed by atoms with E-state index in [-0.39, 0.29) is 18.6 Å². The van der Waals surface area contributed by atoms with Gasteiger partial charge in [0, 0.05) is 13.1 Å². The molecule has 1 heterocycles. The van der Waals surface area contributed by atoms with Crippen LogP contribution in [0.4, 0.5) is 0 Å². The van der Waals surface area contributed by atoms with Gasteiger partial charge in [-0.15, -0.1) is 0 Å². The zero-order valence-corrected chi connectivity index (χ0v) is 12.8. The number of ether oxygens (including phenoxy) is 2. The summed E-state index contributed by atoms with van der Waals surface area (Å²) in [4.78, 5) is 14.2. The van der Waals surface area contributed by atoms with Crippen molar-refractivity contribution in [3.63, 3.8) is 0 Å². The number of carbonyl (C=O) groups excluding carboxylic acids is 1. The fourth-order valence-electron chi connectivity index (χ4n) is 2.61. The van der Waals surface area contributed by atoms with Gasteiger partial charge in [-0.25, -0.2) is 0 Å². The first kappa shape index (κ1) is 15.8. The Morgan fingerprint density at radius 1 is 1.43 bits per heavy atom. The van der Waals surface area contributed by atoms with Crippen LogP contribution >= 0.6 is 0 Å². The third-order valence-electron chi connectivity index (χ3n) is 3.55. The number of benzene rings is 1. The van der Waals surface area contributed by atoms with Gasteiger partial charge >= 0.3 is 0 Å². The van der Waals surface area contributed by atoms with Gasteiger partial charge in [-0.05, 0) is 31.5 Å². The number of hydrogen-bond acceptors (Lipinski definition) is 4. The SMILES string of the molecule is COc1ccc(CC(=O)N2CC(CO)OC(C)(C)C2)cc1. The number of morpholine rings is 1. The van der Waals surface area contributed by atoms with Gasteiger partial charge < -0.3 is 19.5 Å². The first-order valence-corrected chi connectivity index (χ1v) is 7.13. The molecule has 1 unspecified atom stereocenters. The molecule has 0 spiro atoms. The first-order chi connectivity index (χ1) is 9.93. The molecular weight excluding hydrogens is 270 g/mol. The molecule has 1 aromatic rings. The number of methoxy groups -OCH3 is 1. The van der Waals surface area contributed by atoms with Crippen molar-refractivity contribution in [2.45, 2.75) is 32.0 Å². The standard InChI is InChI=1S/C16H23NO4/c1-16(2)11-17(9-14(10-18)21-16)15(19)8-12-4-6-13(20-3)7-5-12/h4-7,14,18H,8-11H2,1-3H3. The van der Waals surface area contributed by atoms with Crippen molar-refractivity contribution in [3.8, 4) is 5.75 Å². The molecule has 2 rings (SSSR count). The Bertz CT molecular complexity index is 484. The minimum absolute atomic E-state index is 0.0509. The Labute approximate surface area is 125 Å². The molecule has 1 saturated heterocycles. The van der Waals surface area contributed by atoms with Crippen LogP contribution in [0.1, 0.15) is 19.4 Å². The predicted octanol–water partition coefficient (Wildman–Crippen LogP) is 1.24. The van der Waals surface area contributed by atoms with Crippen LogP contribution in [0.15, 0.2) is 24.3 Å². The lowest BCUT2D eigenvalue weighted by Crippen LogP contribution is -2.55. The molecule has 1 aromatic carbocycles. The summed E-state index contributed by atoms with van der Waals surface area (Å²) in [6.45, 7) is 4.77. The average molecular weight is 293 g/mol. The molecule has 0 radical (unpaired) electrons. The van der Waals surface area contributed by atoms with Gasteiger partial charge in [0.15, 0.2) is 0 Å². The highest BCUT2D eigenvalue weighted by atomic mass is 16.5. The number of aliphatic hydroxyl groups is 1. The summed E-state index contributed by atoms with van der Waals surface area (Å²) in [5.74, 6) is 0.828. The summed E-state index contributed by atoms with van der Waals surface area (Å²) in [6, 6.07) is 7.49. The quantitative estimate of drug-likeness (QED) is 0.907. The number of aliphatic hydroxyl groups excluding tert-OH is 1. The van der Waals surface area contributed by atoms with E-state index in [2.05, 4.69) is 0 Å². The fraction of sp³-hybridized carbons (Fsp3) is 0.562. The average Bonchev–Trinajstić information content (AvgIpc) is 2.46. The molecule has 0 aliphatic carbocycles. The Morgan fingerprint density at radius 2 is 2.10 bits per heavy atom. The normalized spacial score (nSPS) is 21.1. The zero-order chi connectivity index (χ0) is 15.5. The third kappa shape index (κ3) is 4.19. The second-order valence-electron chi connectivity index (χ2n) is 5.98. The molecule has 116 valence electrons. The van der Waals surface area contributed by atoms with Crippen LogP contribution in [0.3, 0.4) is 0 Å². The maximum absolute atomic E-state index is 12.4. The Kier molecular flexibility index (Phi) is 4.85. The number of nitrogens with zero attached hydrogens (tertiary/aromatic N) is 1. The zero-order valence-electron chi connectivity index (χ0n) is 12.8. The monoisotopic (exact) mass is 293 g/mol. The molecule has 1 atom stereocenters. The van der Waals surface area contributed by atoms with Gasteiger partial charge in [-0.1, -0.05) is 12.1 Å². The maximum atomic E-state index is 12.4. The van der Waals surface area contributed by atoms with Crippen molar-refractivity contribution in [3.05, 3.63) is 29.8 Å². The maximum Gasteiger partial charge on any atom is 0.227 e. The van der Waals surface area contributed by atoms with Crippen LogP contribution in [0.25, 0.3) is 0 Å². The van der Waals surface area contributed by atoms with Crippen LogP contribution in [-0.2, 0) is 16.0 Å². The minimum atomic E-state index is -0.429. The van der Waals surface area contributed by atoms with Gasteiger partial charge in [0.1, 0.15) is 5.75 Å². The predicted molar refractivity (Wildman–Crippen MR) is 79.3 cm³/mol. The van der Waals surface area contributed by atoms with E-state index < -0.39 is 5.60 Å². The van der Waals surface area contributed by atoms with Crippen LogP contribution in [0.2, 0.25) is 0 Å². The van der Waals surface area contributed by atoms with Crippen molar-refractivity contribution in [2.24, 2.45) is 0 Å². The summed E-state index contributed by atoms with van der Waals surface area (Å²) in [5, 5.41) is 9.29. The van der Waals surface area contributed by atoms with E-state index in [4.69, 9.17) is 9.47 Å². The molecule has 21 heavy (non-hydrogen) atoms. The summed E-state index contributed by atoms with van der Waals surface area (Å²) < 4.78 is 10.8. The highest BCUT2D eigenvalue weighted by molar-refractivity contribution is 5.79. The Balaban J connectivity index is 2.01. The second-order valence-corrected chi connectivity index (χ2v) is 5.98. The summed E-state index contributed by atoms with van der Waals surface area (Å²) >= 11 is 0. The smallest absolute Gasteiger partial charge is 0.227 e. The minimum Gasteiger partial charge on any atom is -0.497 e. The van der Waals surface area contributed by atoms with Crippen molar-refractivity contribution in [2.75, 3.05) is 26.8 Å². The largest absolute Gasteiger partial charge is 0.497 e. The molecule has 5 heteroatoms. The van der Waals surface area contributed by atoms with E-state index in [0.29, 0.717) is 19.5 Å². The lowest BCUT2D eigenvalue weighted by atomic mass is 10.0. The summed E-state index contributed by atoms with van der Waals surface area (Å²) in [6.07, 6.45) is 0.0339. The molecule has 1 fully saturated rings. The molecule has 0 aromatic heterocycles. The van der Waals surface area contributed by atoms with E-state index in [9.17, 15) is 9.90 Å². The van der Waals surface area contributed by atoms with E-state index in [1.807, 2.05) is 38.1 Å². The second kappa shape index (κ2) is 6.45. The molecule has 1 N–H and O–H groups in total. The Hall–Kier alpha value is -1.59. The van der Waals surface area contributed by atoms with Gasteiger partial charge in [0.2, 0.25) is 5.91 Å². The van der Waals surface area contributed by atoms with Crippen molar-refractivity contribution in [1.29, 1.82) is 0 Å². The van der Waals surface area contributed by atoms with Gasteiger partial charge in [-0.3, -0.25) is 4.79 Å². The molecule has 0 saturated carbocycles. The molecule has 0 bridgehead atoms. The van der Waals surface area contributed by atoms with E-state index in [0.717, 1.165) is 11.3 Å². The van der Waals surface area contributed by atoms with E-state index in [1.165, 1.54) is 0 Å². The number of amides is 1. The lowest BCUT2D eigenvalue weighted by Gasteiger charge is -2.42. The number of hydrogen-bond donors (Lipinski definition) is 1. The highest BCUT2D eigenvalue weighted by Crippen LogP contribution is 2.22. The van der Waals surface area contributed by atoms with Gasteiger partial charge in [0.25, 0.3) is 0 Å². The van der Waals surface area contributed by atoms with Crippen molar-refractivity contribution >= 4 is 5.91 Å². The van der Waals surface area contributed by atoms with Crippen LogP contribution in [0.5, 0.6) is 5.75 Å². The molecule has 1 amide bonds. The van der Waals surface area contributed by atoms with E-state index in [1.54, 1.807) is 12.0 Å². The number of carbonyl (C=O) groups is 1. The lowest BCUT2D eigenvalue weighted by molar-refractivity contribution is -0.166. The summed E-state index contributed by atoms with van der Waals surface area (Å²) in [5.41, 5.74) is 0.520. The Morgan fingerprint density at radius 3 is 2.67 bits per heavy atom. The van der Waals surface area contributed by atoms with Crippen molar-refractivity contribution < 1.29 is 19.4 Å². The topological polar surface area (TPSA) is 59.0 Å². The molecule has 1 aliphatic heterocycles. The van der Waals surface area contributed by atoms with Crippen LogP contribution in [-0.4, -0.2) is 54.4 Å². The van der Waals surface area contributed by atoms with Gasteiger partial charge in [-0.2, -0.15) is 0 Å². The molecule has 5 nitrogen and oxygen atoms in total. The third-order valence-corrected chi connectivity index (χ3v) is 3.55. The number of rotatable bonds is 4. The highest BCUT2D eigenvalue weighted by Gasteiger charge is 2.35. The first-order valence-electron chi connectivity index (χ1n) is 7.13. The summed E-state index contributed by atoms with van der Waals surface area (Å²) in [7, 11) is 1.62. The van der Waals surface area contributed by atoms with Crippen molar-refractivity contribution in [1.82, 2.24) is 4.90 Å². The molecular formula is C16H23NO4. The van der Waals surface area contributed by atoms with Crippen LogP contribution < -0.4 is 4.74 Å². The van der Waals surface area contributed by atoms with Crippen LogP contribution in [0, 0.1) is 0 Å². The van der Waals surface area contributed by atoms with Gasteiger partial charge in [0.05, 0.1) is 31.8 Å².